The van der Waals surface area contributed by atoms with Crippen molar-refractivity contribution in [3.8, 4) is 5.75 Å². The number of nitrogens with one attached hydrogen (secondary N) is 1. The van der Waals surface area contributed by atoms with Crippen LogP contribution >= 0.6 is 15.9 Å². The molecule has 1 aliphatic rings. The number of nitrogens with zero attached hydrogens (tertiary/aromatic N) is 1. The number of carbonyl (C=O) groups is 2. The first-order chi connectivity index (χ1) is 17.6. The molecule has 1 fully saturated rings. The predicted octanol–water partition coefficient (Wildman–Crippen LogP) is 6.12. The first kappa shape index (κ1) is 23.7. The zero-order valence-electron chi connectivity index (χ0n) is 19.3. The minimum Gasteiger partial charge on any atom is -0.423 e. The van der Waals surface area contributed by atoms with Crippen molar-refractivity contribution in [1.29, 1.82) is 0 Å². The molecule has 0 aromatic heterocycles. The van der Waals surface area contributed by atoms with Crippen molar-refractivity contribution in [2.24, 2.45) is 11.0 Å². The number of benzene rings is 4. The molecule has 36 heavy (non-hydrogen) atoms. The number of carbonyl (C=O) groups excluding carboxylic acids is 2. The van der Waals surface area contributed by atoms with E-state index in [4.69, 9.17) is 4.74 Å². The molecule has 0 unspecified atom stereocenters. The highest BCUT2D eigenvalue weighted by atomic mass is 79.9. The van der Waals surface area contributed by atoms with Gasteiger partial charge in [-0.15, -0.1) is 0 Å². The van der Waals surface area contributed by atoms with E-state index in [0.717, 1.165) is 22.0 Å². The number of amides is 1. The van der Waals surface area contributed by atoms with Gasteiger partial charge in [-0.25, -0.2) is 10.2 Å². The molecule has 6 heteroatoms. The fraction of sp³-hybridized carbons (Fsp3) is 0.100. The SMILES string of the molecule is O=C(Oc1cccc(/C=N\NC(=O)[C@@H]2CC2(c2ccccc2)c2ccccc2)c1)c1cccc(Br)c1. The van der Waals surface area contributed by atoms with Crippen molar-refractivity contribution >= 4 is 34.0 Å². The van der Waals surface area contributed by atoms with Crippen molar-refractivity contribution in [3.05, 3.63) is 136 Å². The molecule has 0 heterocycles. The summed E-state index contributed by atoms with van der Waals surface area (Å²) in [6.07, 6.45) is 2.27. The second kappa shape index (κ2) is 10.3. The van der Waals surface area contributed by atoms with Gasteiger partial charge >= 0.3 is 5.97 Å². The van der Waals surface area contributed by atoms with E-state index in [1.165, 1.54) is 0 Å². The first-order valence-electron chi connectivity index (χ1n) is 11.6. The lowest BCUT2D eigenvalue weighted by Gasteiger charge is -2.18. The molecule has 0 radical (unpaired) electrons. The normalized spacial score (nSPS) is 15.9. The summed E-state index contributed by atoms with van der Waals surface area (Å²) in [6, 6.07) is 34.3. The smallest absolute Gasteiger partial charge is 0.343 e. The average molecular weight is 539 g/mol. The van der Waals surface area contributed by atoms with Gasteiger partial charge in [0, 0.05) is 9.89 Å². The van der Waals surface area contributed by atoms with Crippen LogP contribution in [0.4, 0.5) is 0 Å². The summed E-state index contributed by atoms with van der Waals surface area (Å²) in [6.45, 7) is 0. The molecule has 1 saturated carbocycles. The Kier molecular flexibility index (Phi) is 6.78. The van der Waals surface area contributed by atoms with E-state index >= 15 is 0 Å². The largest absolute Gasteiger partial charge is 0.423 e. The number of hydrogen-bond donors (Lipinski definition) is 1. The van der Waals surface area contributed by atoms with Crippen LogP contribution in [0.5, 0.6) is 5.75 Å². The molecule has 1 N–H and O–H groups in total. The van der Waals surface area contributed by atoms with Crippen LogP contribution in [0.1, 0.15) is 33.5 Å². The van der Waals surface area contributed by atoms with Gasteiger partial charge in [0.1, 0.15) is 5.75 Å². The zero-order chi connectivity index (χ0) is 25.0. The standard InChI is InChI=1S/C30H23BrN2O3/c31-25-15-8-10-22(18-25)29(35)36-26-16-7-9-21(17-26)20-32-33-28(34)27-19-30(27,23-11-3-1-4-12-23)24-13-5-2-6-14-24/h1-18,20,27H,19H2,(H,33,34)/b32-20-/t27-/m0/s1. The van der Waals surface area contributed by atoms with Gasteiger partial charge < -0.3 is 4.74 Å². The van der Waals surface area contributed by atoms with Crippen molar-refractivity contribution in [1.82, 2.24) is 5.43 Å². The Morgan fingerprint density at radius 2 is 1.53 bits per heavy atom. The van der Waals surface area contributed by atoms with E-state index in [2.05, 4.69) is 50.7 Å². The Bertz CT molecular complexity index is 1380. The quantitative estimate of drug-likeness (QED) is 0.133. The van der Waals surface area contributed by atoms with Crippen molar-refractivity contribution in [3.63, 3.8) is 0 Å². The highest BCUT2D eigenvalue weighted by molar-refractivity contribution is 9.10. The minimum absolute atomic E-state index is 0.129. The third-order valence-corrected chi connectivity index (χ3v) is 6.87. The lowest BCUT2D eigenvalue weighted by atomic mass is 9.85. The number of hydrazone groups is 1. The highest BCUT2D eigenvalue weighted by Crippen LogP contribution is 2.58. The van der Waals surface area contributed by atoms with Crippen molar-refractivity contribution in [2.45, 2.75) is 11.8 Å². The molecule has 1 atom stereocenters. The van der Waals surface area contributed by atoms with Gasteiger partial charge in [-0.1, -0.05) is 94.8 Å². The maximum atomic E-state index is 13.1. The molecule has 178 valence electrons. The molecular formula is C30H23BrN2O3. The van der Waals surface area contributed by atoms with E-state index in [9.17, 15) is 9.59 Å². The van der Waals surface area contributed by atoms with Crippen molar-refractivity contribution < 1.29 is 14.3 Å². The summed E-state index contributed by atoms with van der Waals surface area (Å²) in [7, 11) is 0. The van der Waals surface area contributed by atoms with Gasteiger partial charge in [0.25, 0.3) is 0 Å². The van der Waals surface area contributed by atoms with E-state index < -0.39 is 5.97 Å². The summed E-state index contributed by atoms with van der Waals surface area (Å²) in [4.78, 5) is 25.5. The lowest BCUT2D eigenvalue weighted by Crippen LogP contribution is -2.25. The molecule has 5 nitrogen and oxygen atoms in total. The van der Waals surface area contributed by atoms with Gasteiger partial charge in [0.15, 0.2) is 0 Å². The van der Waals surface area contributed by atoms with Crippen LogP contribution in [0.3, 0.4) is 0 Å². The molecule has 1 aliphatic carbocycles. The van der Waals surface area contributed by atoms with Gasteiger partial charge in [-0.2, -0.15) is 5.10 Å². The third-order valence-electron chi connectivity index (χ3n) is 6.37. The van der Waals surface area contributed by atoms with E-state index in [-0.39, 0.29) is 17.2 Å². The Balaban J connectivity index is 1.26. The van der Waals surface area contributed by atoms with E-state index in [1.54, 1.807) is 42.6 Å². The highest BCUT2D eigenvalue weighted by Gasteiger charge is 2.60. The molecule has 0 aliphatic heterocycles. The second-order valence-corrected chi connectivity index (χ2v) is 9.58. The molecule has 4 aromatic rings. The molecule has 0 saturated heterocycles. The average Bonchev–Trinajstić information content (AvgIpc) is 3.67. The van der Waals surface area contributed by atoms with Gasteiger partial charge in [0.05, 0.1) is 17.7 Å². The Labute approximate surface area is 218 Å². The fourth-order valence-electron chi connectivity index (χ4n) is 4.54. The van der Waals surface area contributed by atoms with E-state index in [1.807, 2.05) is 48.5 Å². The summed E-state index contributed by atoms with van der Waals surface area (Å²) in [5.41, 5.74) is 5.75. The number of rotatable bonds is 7. The van der Waals surface area contributed by atoms with Crippen LogP contribution in [0.15, 0.2) is 119 Å². The summed E-state index contributed by atoms with van der Waals surface area (Å²) in [5.74, 6) is -0.400. The molecular weight excluding hydrogens is 516 g/mol. The minimum atomic E-state index is -0.453. The van der Waals surface area contributed by atoms with Crippen LogP contribution in [0.2, 0.25) is 0 Å². The van der Waals surface area contributed by atoms with Crippen LogP contribution < -0.4 is 10.2 Å². The van der Waals surface area contributed by atoms with E-state index in [0.29, 0.717) is 16.9 Å². The van der Waals surface area contributed by atoms with Crippen LogP contribution in [-0.4, -0.2) is 18.1 Å². The molecule has 0 bridgehead atoms. The molecule has 1 amide bonds. The monoisotopic (exact) mass is 538 g/mol. The summed E-state index contributed by atoms with van der Waals surface area (Å²) >= 11 is 3.36. The molecule has 4 aromatic carbocycles. The fourth-order valence-corrected chi connectivity index (χ4v) is 4.94. The Morgan fingerprint density at radius 1 is 0.861 bits per heavy atom. The topological polar surface area (TPSA) is 67.8 Å². The van der Waals surface area contributed by atoms with Gasteiger partial charge in [0.2, 0.25) is 5.91 Å². The summed E-state index contributed by atoms with van der Waals surface area (Å²) < 4.78 is 6.29. The lowest BCUT2D eigenvalue weighted by molar-refractivity contribution is -0.122. The number of esters is 1. The van der Waals surface area contributed by atoms with Crippen LogP contribution in [-0.2, 0) is 10.2 Å². The van der Waals surface area contributed by atoms with Gasteiger partial charge in [-0.3, -0.25) is 4.79 Å². The van der Waals surface area contributed by atoms with Crippen molar-refractivity contribution in [2.75, 3.05) is 0 Å². The number of halogens is 1. The Morgan fingerprint density at radius 3 is 2.19 bits per heavy atom. The maximum absolute atomic E-state index is 13.1. The zero-order valence-corrected chi connectivity index (χ0v) is 20.9. The number of hydrogen-bond acceptors (Lipinski definition) is 4. The Hall–Kier alpha value is -4.03. The summed E-state index contributed by atoms with van der Waals surface area (Å²) in [5, 5.41) is 4.17. The molecule has 0 spiro atoms. The molecule has 5 rings (SSSR count). The van der Waals surface area contributed by atoms with Crippen LogP contribution in [0, 0.1) is 5.92 Å². The van der Waals surface area contributed by atoms with Gasteiger partial charge in [-0.05, 0) is 53.4 Å². The first-order valence-corrected chi connectivity index (χ1v) is 12.4. The maximum Gasteiger partial charge on any atom is 0.343 e. The second-order valence-electron chi connectivity index (χ2n) is 8.67. The number of ether oxygens (including phenoxy) is 1. The predicted molar refractivity (Wildman–Crippen MR) is 143 cm³/mol. The van der Waals surface area contributed by atoms with Crippen LogP contribution in [0.25, 0.3) is 0 Å². The third kappa shape index (κ3) is 4.99.